The number of hydrogen-bond acceptors (Lipinski definition) is 2. The largest absolute Gasteiger partial charge is 0.456 e. The number of hydrogen-bond donors (Lipinski definition) is 1. The van der Waals surface area contributed by atoms with Crippen molar-refractivity contribution < 1.29 is 4.74 Å². The molecule has 236 valence electrons. The first-order chi connectivity index (χ1) is 24.8. The summed E-state index contributed by atoms with van der Waals surface area (Å²) in [5.41, 5.74) is 15.2. The highest BCUT2D eigenvalue weighted by molar-refractivity contribution is 5.90. The Balaban J connectivity index is 1.09. The van der Waals surface area contributed by atoms with Crippen LogP contribution in [-0.2, 0) is 5.41 Å². The van der Waals surface area contributed by atoms with E-state index in [0.717, 1.165) is 28.3 Å². The van der Waals surface area contributed by atoms with Crippen molar-refractivity contribution in [1.29, 1.82) is 0 Å². The van der Waals surface area contributed by atoms with E-state index in [9.17, 15) is 0 Å². The molecule has 1 spiro atoms. The van der Waals surface area contributed by atoms with E-state index in [0.29, 0.717) is 0 Å². The zero-order chi connectivity index (χ0) is 33.1. The molecule has 1 unspecified atom stereocenters. The zero-order valence-corrected chi connectivity index (χ0v) is 27.4. The summed E-state index contributed by atoms with van der Waals surface area (Å²) in [5, 5.41) is 3.82. The fraction of sp³-hybridized carbons (Fsp3) is 0.0417. The van der Waals surface area contributed by atoms with Gasteiger partial charge in [-0.15, -0.1) is 0 Å². The van der Waals surface area contributed by atoms with Crippen LogP contribution in [0.5, 0.6) is 11.5 Å². The van der Waals surface area contributed by atoms with Crippen LogP contribution < -0.4 is 10.1 Å². The number of fused-ring (bicyclic) bond motifs is 9. The van der Waals surface area contributed by atoms with Crippen LogP contribution in [0.2, 0.25) is 0 Å². The minimum absolute atomic E-state index is 0.0158. The Kier molecular flexibility index (Phi) is 6.50. The van der Waals surface area contributed by atoms with Gasteiger partial charge in [0, 0.05) is 22.4 Å². The second-order valence-electron chi connectivity index (χ2n) is 13.3. The average Bonchev–Trinajstić information content (AvgIpc) is 3.49. The van der Waals surface area contributed by atoms with Gasteiger partial charge in [-0.2, -0.15) is 0 Å². The lowest BCUT2D eigenvalue weighted by Gasteiger charge is -2.40. The molecular weight excluding hydrogens is 607 g/mol. The molecule has 1 N–H and O–H groups in total. The maximum absolute atomic E-state index is 6.92. The Morgan fingerprint density at radius 1 is 0.440 bits per heavy atom. The van der Waals surface area contributed by atoms with E-state index >= 15 is 0 Å². The van der Waals surface area contributed by atoms with Gasteiger partial charge < -0.3 is 10.1 Å². The Morgan fingerprint density at radius 3 is 1.70 bits per heavy atom. The topological polar surface area (TPSA) is 21.3 Å². The number of para-hydroxylation sites is 2. The molecule has 3 aliphatic rings. The fourth-order valence-electron chi connectivity index (χ4n) is 8.38. The second kappa shape index (κ2) is 11.4. The van der Waals surface area contributed by atoms with Crippen LogP contribution in [-0.4, -0.2) is 0 Å². The molecule has 7 aromatic carbocycles. The summed E-state index contributed by atoms with van der Waals surface area (Å²) in [5.74, 6) is 1.82. The highest BCUT2D eigenvalue weighted by Gasteiger charge is 2.51. The van der Waals surface area contributed by atoms with Crippen molar-refractivity contribution in [3.8, 4) is 33.8 Å². The Bertz CT molecular complexity index is 2430. The summed E-state index contributed by atoms with van der Waals surface area (Å²) in [7, 11) is 0. The minimum Gasteiger partial charge on any atom is -0.456 e. The second-order valence-corrected chi connectivity index (χ2v) is 13.3. The molecule has 1 atom stereocenters. The van der Waals surface area contributed by atoms with Gasteiger partial charge in [0.2, 0.25) is 0 Å². The molecule has 0 bridgehead atoms. The Hall–Kier alpha value is -6.38. The minimum atomic E-state index is -0.474. The van der Waals surface area contributed by atoms with Crippen molar-refractivity contribution in [1.82, 2.24) is 5.32 Å². The molecule has 10 rings (SSSR count). The van der Waals surface area contributed by atoms with Crippen LogP contribution >= 0.6 is 0 Å². The van der Waals surface area contributed by atoms with Crippen molar-refractivity contribution in [3.05, 3.63) is 227 Å². The molecule has 1 aliphatic carbocycles. The highest BCUT2D eigenvalue weighted by Crippen LogP contribution is 2.63. The number of allylic oxidation sites excluding steroid dienone is 2. The first-order valence-electron chi connectivity index (χ1n) is 17.3. The molecule has 0 saturated carbocycles. The van der Waals surface area contributed by atoms with Crippen molar-refractivity contribution in [2.45, 2.75) is 11.5 Å². The lowest BCUT2D eigenvalue weighted by molar-refractivity contribution is 0.438. The van der Waals surface area contributed by atoms with Gasteiger partial charge in [-0.25, -0.2) is 0 Å². The molecule has 7 aromatic rings. The maximum Gasteiger partial charge on any atom is 0.140 e. The lowest BCUT2D eigenvalue weighted by Crippen LogP contribution is -2.32. The van der Waals surface area contributed by atoms with E-state index < -0.39 is 5.41 Å². The number of dihydropyridines is 1. The van der Waals surface area contributed by atoms with E-state index in [4.69, 9.17) is 4.74 Å². The predicted molar refractivity (Wildman–Crippen MR) is 204 cm³/mol. The van der Waals surface area contributed by atoms with E-state index in [1.165, 1.54) is 55.6 Å². The van der Waals surface area contributed by atoms with E-state index in [1.54, 1.807) is 0 Å². The SMILES string of the molecule is C1=C(c2ccccc2)C=C(c2ccccc2)NC1c1ccc(-c2cccc3c2Oc2ccccc2C32c3ccccc3-c3ccccc32)cc1. The summed E-state index contributed by atoms with van der Waals surface area (Å²) in [4.78, 5) is 0. The van der Waals surface area contributed by atoms with Crippen molar-refractivity contribution >= 4 is 11.3 Å². The van der Waals surface area contributed by atoms with Crippen molar-refractivity contribution in [3.63, 3.8) is 0 Å². The Morgan fingerprint density at radius 2 is 1.00 bits per heavy atom. The predicted octanol–water partition coefficient (Wildman–Crippen LogP) is 11.6. The van der Waals surface area contributed by atoms with Crippen LogP contribution in [0.3, 0.4) is 0 Å². The summed E-state index contributed by atoms with van der Waals surface area (Å²) in [6.45, 7) is 0. The normalized spacial score (nSPS) is 16.1. The average molecular weight is 640 g/mol. The van der Waals surface area contributed by atoms with Gasteiger partial charge in [0.1, 0.15) is 11.5 Å². The van der Waals surface area contributed by atoms with Gasteiger partial charge in [-0.3, -0.25) is 0 Å². The van der Waals surface area contributed by atoms with Gasteiger partial charge in [0.25, 0.3) is 0 Å². The smallest absolute Gasteiger partial charge is 0.140 e. The number of ether oxygens (including phenoxy) is 1. The third-order valence-corrected chi connectivity index (χ3v) is 10.6. The first kappa shape index (κ1) is 28.6. The standard InChI is InChI=1S/C48H33NO/c1-3-14-32(15-4-1)36-30-44(34-16-5-2-6-17-34)49-45(31-36)35-28-26-33(27-29-35)37-20-13-24-43-47(37)50-46-25-12-11-23-42(46)48(43)40-21-9-7-18-38(40)39-19-8-10-22-41(39)48/h1-31,45,49H. The summed E-state index contributed by atoms with van der Waals surface area (Å²) >= 11 is 0. The third-order valence-electron chi connectivity index (χ3n) is 10.6. The van der Waals surface area contributed by atoms with E-state index in [2.05, 4.69) is 193 Å². The number of benzene rings is 7. The molecule has 0 saturated heterocycles. The van der Waals surface area contributed by atoms with Crippen LogP contribution in [0, 0.1) is 0 Å². The molecule has 2 aliphatic heterocycles. The molecule has 2 heterocycles. The molecule has 0 amide bonds. The van der Waals surface area contributed by atoms with Crippen LogP contribution in [0.4, 0.5) is 0 Å². The van der Waals surface area contributed by atoms with E-state index in [-0.39, 0.29) is 6.04 Å². The fourth-order valence-corrected chi connectivity index (χ4v) is 8.38. The van der Waals surface area contributed by atoms with Crippen molar-refractivity contribution in [2.24, 2.45) is 0 Å². The Labute approximate surface area is 292 Å². The van der Waals surface area contributed by atoms with Gasteiger partial charge in [-0.1, -0.05) is 170 Å². The van der Waals surface area contributed by atoms with Gasteiger partial charge in [0.05, 0.1) is 11.5 Å². The first-order valence-corrected chi connectivity index (χ1v) is 17.3. The van der Waals surface area contributed by atoms with Crippen LogP contribution in [0.1, 0.15) is 45.0 Å². The van der Waals surface area contributed by atoms with Gasteiger partial charge >= 0.3 is 0 Å². The third kappa shape index (κ3) is 4.28. The summed E-state index contributed by atoms with van der Waals surface area (Å²) in [6.07, 6.45) is 4.59. The summed E-state index contributed by atoms with van der Waals surface area (Å²) < 4.78 is 6.92. The monoisotopic (exact) mass is 639 g/mol. The molecule has 0 radical (unpaired) electrons. The van der Waals surface area contributed by atoms with Gasteiger partial charge in [0.15, 0.2) is 0 Å². The maximum atomic E-state index is 6.92. The van der Waals surface area contributed by atoms with E-state index in [1.807, 2.05) is 0 Å². The number of rotatable bonds is 4. The van der Waals surface area contributed by atoms with Crippen molar-refractivity contribution in [2.75, 3.05) is 0 Å². The molecule has 2 nitrogen and oxygen atoms in total. The molecule has 0 aromatic heterocycles. The highest BCUT2D eigenvalue weighted by atomic mass is 16.5. The zero-order valence-electron chi connectivity index (χ0n) is 27.4. The quantitative estimate of drug-likeness (QED) is 0.207. The molecule has 0 fully saturated rings. The van der Waals surface area contributed by atoms with Crippen LogP contribution in [0.25, 0.3) is 33.5 Å². The number of nitrogens with one attached hydrogen (secondary N) is 1. The van der Waals surface area contributed by atoms with Gasteiger partial charge in [-0.05, 0) is 68.3 Å². The lowest BCUT2D eigenvalue weighted by atomic mass is 9.65. The summed E-state index contributed by atoms with van der Waals surface area (Å²) in [6, 6.07) is 63.2. The molecule has 2 heteroatoms. The van der Waals surface area contributed by atoms with Crippen LogP contribution in [0.15, 0.2) is 188 Å². The molecular formula is C48H33NO. The molecule has 50 heavy (non-hydrogen) atoms.